The zero-order valence-electron chi connectivity index (χ0n) is 16.7. The molecule has 3 rings (SSSR count). The number of ether oxygens (including phenoxy) is 2. The van der Waals surface area contributed by atoms with Crippen LogP contribution in [0.4, 0.5) is 10.5 Å². The van der Waals surface area contributed by atoms with Crippen LogP contribution in [0.15, 0.2) is 66.7 Å². The van der Waals surface area contributed by atoms with E-state index < -0.39 is 12.3 Å². The van der Waals surface area contributed by atoms with Gasteiger partial charge in [-0.1, -0.05) is 43.3 Å². The molecule has 0 saturated carbocycles. The van der Waals surface area contributed by atoms with Gasteiger partial charge in [-0.2, -0.15) is 0 Å². The highest BCUT2D eigenvalue weighted by Gasteiger charge is 2.19. The van der Waals surface area contributed by atoms with Gasteiger partial charge in [0.2, 0.25) is 5.91 Å². The van der Waals surface area contributed by atoms with Crippen molar-refractivity contribution in [3.63, 3.8) is 0 Å². The Balaban J connectivity index is 1.63. The third-order valence-corrected chi connectivity index (χ3v) is 4.51. The summed E-state index contributed by atoms with van der Waals surface area (Å²) in [5.41, 5.74) is 0.574. The molecule has 150 valence electrons. The lowest BCUT2D eigenvalue weighted by Crippen LogP contribution is -2.40. The molecule has 0 heterocycles. The van der Waals surface area contributed by atoms with Crippen LogP contribution >= 0.6 is 0 Å². The Hall–Kier alpha value is -3.54. The SMILES string of the molecule is CCC(=O)Nc1cccc(OC(=O)N(C)C(C)Oc2ccc3ccccc3c2)c1. The molecule has 0 fully saturated rings. The fourth-order valence-electron chi connectivity index (χ4n) is 2.72. The Morgan fingerprint density at radius 2 is 1.72 bits per heavy atom. The summed E-state index contributed by atoms with van der Waals surface area (Å²) in [5.74, 6) is 0.900. The highest BCUT2D eigenvalue weighted by molar-refractivity contribution is 5.90. The standard InChI is InChI=1S/C23H24N2O4/c1-4-22(26)24-19-10-7-11-20(15-19)29-23(27)25(3)16(2)28-21-13-12-17-8-5-6-9-18(17)14-21/h5-16H,4H2,1-3H3,(H,24,26). The van der Waals surface area contributed by atoms with Crippen LogP contribution in [0.5, 0.6) is 11.5 Å². The van der Waals surface area contributed by atoms with Gasteiger partial charge in [0.1, 0.15) is 11.5 Å². The number of hydrogen-bond donors (Lipinski definition) is 1. The Labute approximate surface area is 170 Å². The van der Waals surface area contributed by atoms with Crippen molar-refractivity contribution in [1.29, 1.82) is 0 Å². The van der Waals surface area contributed by atoms with Crippen LogP contribution < -0.4 is 14.8 Å². The van der Waals surface area contributed by atoms with E-state index in [-0.39, 0.29) is 5.91 Å². The Kier molecular flexibility index (Phi) is 6.34. The maximum Gasteiger partial charge on any atom is 0.417 e. The number of carbonyl (C=O) groups excluding carboxylic acids is 2. The molecule has 0 aliphatic rings. The van der Waals surface area contributed by atoms with E-state index >= 15 is 0 Å². The van der Waals surface area contributed by atoms with E-state index in [0.717, 1.165) is 10.8 Å². The van der Waals surface area contributed by atoms with Gasteiger partial charge in [0.05, 0.1) is 0 Å². The van der Waals surface area contributed by atoms with Gasteiger partial charge in [0.25, 0.3) is 0 Å². The van der Waals surface area contributed by atoms with Gasteiger partial charge in [-0.25, -0.2) is 4.79 Å². The number of nitrogens with one attached hydrogen (secondary N) is 1. The normalized spacial score (nSPS) is 11.6. The Morgan fingerprint density at radius 1 is 0.966 bits per heavy atom. The number of rotatable bonds is 6. The van der Waals surface area contributed by atoms with Crippen molar-refractivity contribution in [3.05, 3.63) is 66.7 Å². The lowest BCUT2D eigenvalue weighted by atomic mass is 10.1. The summed E-state index contributed by atoms with van der Waals surface area (Å²) in [6.45, 7) is 3.54. The summed E-state index contributed by atoms with van der Waals surface area (Å²) in [6, 6.07) is 20.5. The number of anilines is 1. The molecule has 6 nitrogen and oxygen atoms in total. The highest BCUT2D eigenvalue weighted by atomic mass is 16.6. The van der Waals surface area contributed by atoms with E-state index in [9.17, 15) is 9.59 Å². The number of benzene rings is 3. The van der Waals surface area contributed by atoms with E-state index in [4.69, 9.17) is 9.47 Å². The maximum absolute atomic E-state index is 12.5. The first-order valence-corrected chi connectivity index (χ1v) is 9.46. The monoisotopic (exact) mass is 392 g/mol. The second-order valence-electron chi connectivity index (χ2n) is 6.63. The average Bonchev–Trinajstić information content (AvgIpc) is 2.73. The summed E-state index contributed by atoms with van der Waals surface area (Å²) >= 11 is 0. The van der Waals surface area contributed by atoms with Crippen molar-refractivity contribution in [2.75, 3.05) is 12.4 Å². The predicted molar refractivity (Wildman–Crippen MR) is 113 cm³/mol. The first kappa shape index (κ1) is 20.2. The van der Waals surface area contributed by atoms with Crippen molar-refractivity contribution in [2.24, 2.45) is 0 Å². The van der Waals surface area contributed by atoms with E-state index in [1.165, 1.54) is 4.90 Å². The smallest absolute Gasteiger partial charge is 0.417 e. The zero-order valence-corrected chi connectivity index (χ0v) is 16.7. The molecule has 0 aromatic heterocycles. The summed E-state index contributed by atoms with van der Waals surface area (Å²) < 4.78 is 11.3. The average molecular weight is 392 g/mol. The summed E-state index contributed by atoms with van der Waals surface area (Å²) in [7, 11) is 1.61. The predicted octanol–water partition coefficient (Wildman–Crippen LogP) is 5.04. The summed E-state index contributed by atoms with van der Waals surface area (Å²) in [4.78, 5) is 25.4. The lowest BCUT2D eigenvalue weighted by molar-refractivity contribution is -0.115. The molecule has 1 N–H and O–H groups in total. The molecule has 0 radical (unpaired) electrons. The van der Waals surface area contributed by atoms with Gasteiger partial charge >= 0.3 is 6.09 Å². The molecule has 0 spiro atoms. The van der Waals surface area contributed by atoms with Crippen molar-refractivity contribution < 1.29 is 19.1 Å². The van der Waals surface area contributed by atoms with Crippen LogP contribution in [-0.4, -0.2) is 30.2 Å². The number of hydrogen-bond acceptors (Lipinski definition) is 4. The quantitative estimate of drug-likeness (QED) is 0.597. The largest absolute Gasteiger partial charge is 0.471 e. The topological polar surface area (TPSA) is 67.9 Å². The first-order valence-electron chi connectivity index (χ1n) is 9.46. The van der Waals surface area contributed by atoms with Crippen LogP contribution in [0.2, 0.25) is 0 Å². The van der Waals surface area contributed by atoms with E-state index in [2.05, 4.69) is 5.32 Å². The van der Waals surface area contributed by atoms with E-state index in [0.29, 0.717) is 23.6 Å². The first-order chi connectivity index (χ1) is 14.0. The van der Waals surface area contributed by atoms with Crippen LogP contribution in [0, 0.1) is 0 Å². The Bertz CT molecular complexity index is 1020. The van der Waals surface area contributed by atoms with Gasteiger partial charge < -0.3 is 14.8 Å². The van der Waals surface area contributed by atoms with Crippen molar-refractivity contribution in [3.8, 4) is 11.5 Å². The summed E-state index contributed by atoms with van der Waals surface area (Å²) in [5, 5.41) is 4.92. The molecule has 6 heteroatoms. The minimum atomic E-state index is -0.558. The van der Waals surface area contributed by atoms with Gasteiger partial charge in [0, 0.05) is 25.2 Å². The minimum Gasteiger partial charge on any atom is -0.471 e. The van der Waals surface area contributed by atoms with Crippen LogP contribution in [-0.2, 0) is 4.79 Å². The molecular weight excluding hydrogens is 368 g/mol. The highest BCUT2D eigenvalue weighted by Crippen LogP contribution is 2.23. The van der Waals surface area contributed by atoms with Crippen molar-refractivity contribution in [1.82, 2.24) is 4.90 Å². The summed E-state index contributed by atoms with van der Waals surface area (Å²) in [6.07, 6.45) is -0.722. The third kappa shape index (κ3) is 5.25. The molecule has 1 unspecified atom stereocenters. The fourth-order valence-corrected chi connectivity index (χ4v) is 2.72. The van der Waals surface area contributed by atoms with Crippen molar-refractivity contribution in [2.45, 2.75) is 26.5 Å². The molecule has 3 aromatic rings. The molecule has 3 aromatic carbocycles. The van der Waals surface area contributed by atoms with Gasteiger partial charge in [-0.15, -0.1) is 0 Å². The van der Waals surface area contributed by atoms with Gasteiger partial charge in [-0.05, 0) is 42.0 Å². The number of amides is 2. The molecule has 0 saturated heterocycles. The maximum atomic E-state index is 12.5. The van der Waals surface area contributed by atoms with Crippen LogP contribution in [0.1, 0.15) is 20.3 Å². The van der Waals surface area contributed by atoms with Crippen molar-refractivity contribution >= 4 is 28.5 Å². The van der Waals surface area contributed by atoms with Gasteiger partial charge in [-0.3, -0.25) is 9.69 Å². The molecule has 0 aliphatic heterocycles. The second kappa shape index (κ2) is 9.10. The lowest BCUT2D eigenvalue weighted by Gasteiger charge is -2.25. The number of carbonyl (C=O) groups is 2. The molecule has 1 atom stereocenters. The van der Waals surface area contributed by atoms with Gasteiger partial charge in [0.15, 0.2) is 6.23 Å². The van der Waals surface area contributed by atoms with Crippen LogP contribution in [0.25, 0.3) is 10.8 Å². The molecular formula is C23H24N2O4. The Morgan fingerprint density at radius 3 is 2.48 bits per heavy atom. The third-order valence-electron chi connectivity index (χ3n) is 4.51. The van der Waals surface area contributed by atoms with E-state index in [1.807, 2.05) is 42.5 Å². The molecule has 29 heavy (non-hydrogen) atoms. The number of fused-ring (bicyclic) bond motifs is 1. The number of nitrogens with zero attached hydrogens (tertiary/aromatic N) is 1. The fraction of sp³-hybridized carbons (Fsp3) is 0.217. The molecule has 2 amide bonds. The zero-order chi connectivity index (χ0) is 20.8. The second-order valence-corrected chi connectivity index (χ2v) is 6.63. The minimum absolute atomic E-state index is 0.108. The molecule has 0 bridgehead atoms. The van der Waals surface area contributed by atoms with E-state index in [1.54, 1.807) is 45.2 Å². The van der Waals surface area contributed by atoms with Crippen LogP contribution in [0.3, 0.4) is 0 Å². The molecule has 0 aliphatic carbocycles.